The number of alkyl halides is 3. The molecule has 8 nitrogen and oxygen atoms in total. The fraction of sp³-hybridized carbons (Fsp3) is 0.227. The molecule has 4 aromatic rings. The SMILES string of the molecule is COc1cc(-n2cnc3cc(-c4cn(C)cn4)ccc32)cc(OC)c1C(=O)NCC(F)(F)F. The van der Waals surface area contributed by atoms with Crippen LogP contribution in [0.25, 0.3) is 28.0 Å². The van der Waals surface area contributed by atoms with Crippen LogP contribution >= 0.6 is 0 Å². The number of nitrogens with one attached hydrogen (secondary N) is 1. The van der Waals surface area contributed by atoms with Crippen LogP contribution in [0.1, 0.15) is 10.4 Å². The van der Waals surface area contributed by atoms with Crippen molar-refractivity contribution in [2.45, 2.75) is 6.18 Å². The molecule has 0 spiro atoms. The fourth-order valence-corrected chi connectivity index (χ4v) is 3.47. The zero-order valence-corrected chi connectivity index (χ0v) is 18.0. The van der Waals surface area contributed by atoms with Gasteiger partial charge in [0, 0.05) is 30.9 Å². The Kier molecular flexibility index (Phi) is 5.71. The molecule has 0 aliphatic carbocycles. The van der Waals surface area contributed by atoms with Gasteiger partial charge in [-0.05, 0) is 12.1 Å². The van der Waals surface area contributed by atoms with E-state index in [1.807, 2.05) is 41.3 Å². The molecule has 0 radical (unpaired) electrons. The van der Waals surface area contributed by atoms with Gasteiger partial charge in [0.15, 0.2) is 0 Å². The molecule has 0 saturated carbocycles. The maximum Gasteiger partial charge on any atom is 0.405 e. The molecule has 0 atom stereocenters. The lowest BCUT2D eigenvalue weighted by Crippen LogP contribution is -2.34. The molecule has 33 heavy (non-hydrogen) atoms. The van der Waals surface area contributed by atoms with E-state index >= 15 is 0 Å². The maximum absolute atomic E-state index is 12.5. The van der Waals surface area contributed by atoms with E-state index in [4.69, 9.17) is 9.47 Å². The minimum atomic E-state index is -4.54. The van der Waals surface area contributed by atoms with Crippen molar-refractivity contribution in [1.29, 1.82) is 0 Å². The summed E-state index contributed by atoms with van der Waals surface area (Å²) in [7, 11) is 4.53. The number of nitrogens with zero attached hydrogens (tertiary/aromatic N) is 4. The second-order valence-electron chi connectivity index (χ2n) is 7.27. The average molecular weight is 459 g/mol. The number of carbonyl (C=O) groups excluding carboxylic acids is 1. The molecule has 4 rings (SSSR count). The molecule has 0 aliphatic rings. The van der Waals surface area contributed by atoms with Gasteiger partial charge in [-0.1, -0.05) is 6.07 Å². The molecule has 2 aromatic heterocycles. The monoisotopic (exact) mass is 459 g/mol. The Morgan fingerprint density at radius 3 is 2.33 bits per heavy atom. The topological polar surface area (TPSA) is 83.2 Å². The molecular formula is C22H20F3N5O3. The summed E-state index contributed by atoms with van der Waals surface area (Å²) in [5, 5.41) is 1.84. The average Bonchev–Trinajstić information content (AvgIpc) is 3.41. The summed E-state index contributed by atoms with van der Waals surface area (Å²) in [4.78, 5) is 21.2. The van der Waals surface area contributed by atoms with Crippen LogP contribution in [0, 0.1) is 0 Å². The van der Waals surface area contributed by atoms with E-state index in [-0.39, 0.29) is 17.1 Å². The number of carbonyl (C=O) groups is 1. The van der Waals surface area contributed by atoms with Gasteiger partial charge in [-0.15, -0.1) is 0 Å². The molecule has 1 amide bonds. The van der Waals surface area contributed by atoms with E-state index in [0.29, 0.717) is 11.2 Å². The summed E-state index contributed by atoms with van der Waals surface area (Å²) < 4.78 is 51.8. The Morgan fingerprint density at radius 2 is 1.76 bits per heavy atom. The maximum atomic E-state index is 12.5. The van der Waals surface area contributed by atoms with Crippen molar-refractivity contribution in [1.82, 2.24) is 24.4 Å². The molecule has 0 bridgehead atoms. The number of benzene rings is 2. The first kappa shape index (κ1) is 22.2. The van der Waals surface area contributed by atoms with E-state index in [2.05, 4.69) is 9.97 Å². The number of hydrogen-bond donors (Lipinski definition) is 1. The molecule has 11 heteroatoms. The van der Waals surface area contributed by atoms with Crippen molar-refractivity contribution in [3.05, 3.63) is 54.7 Å². The zero-order valence-electron chi connectivity index (χ0n) is 18.0. The first-order valence-electron chi connectivity index (χ1n) is 9.77. The number of amides is 1. The Labute approximate surface area is 186 Å². The van der Waals surface area contributed by atoms with Crippen molar-refractivity contribution in [2.24, 2.45) is 7.05 Å². The van der Waals surface area contributed by atoms with E-state index in [1.54, 1.807) is 29.4 Å². The van der Waals surface area contributed by atoms with Gasteiger partial charge >= 0.3 is 6.18 Å². The normalized spacial score (nSPS) is 11.6. The first-order chi connectivity index (χ1) is 15.7. The van der Waals surface area contributed by atoms with Gasteiger partial charge in [-0.2, -0.15) is 13.2 Å². The van der Waals surface area contributed by atoms with Gasteiger partial charge in [0.1, 0.15) is 29.9 Å². The quantitative estimate of drug-likeness (QED) is 0.475. The molecule has 1 N–H and O–H groups in total. The molecule has 2 heterocycles. The van der Waals surface area contributed by atoms with Crippen LogP contribution < -0.4 is 14.8 Å². The fourth-order valence-electron chi connectivity index (χ4n) is 3.47. The summed E-state index contributed by atoms with van der Waals surface area (Å²) >= 11 is 0. The number of methoxy groups -OCH3 is 2. The Morgan fingerprint density at radius 1 is 1.06 bits per heavy atom. The van der Waals surface area contributed by atoms with Gasteiger partial charge in [0.2, 0.25) is 0 Å². The second-order valence-corrected chi connectivity index (χ2v) is 7.27. The van der Waals surface area contributed by atoms with Crippen molar-refractivity contribution >= 4 is 16.9 Å². The van der Waals surface area contributed by atoms with E-state index < -0.39 is 18.6 Å². The minimum absolute atomic E-state index is 0.0657. The lowest BCUT2D eigenvalue weighted by Gasteiger charge is -2.16. The third-order valence-electron chi connectivity index (χ3n) is 4.99. The molecule has 0 aliphatic heterocycles. The third kappa shape index (κ3) is 4.47. The first-order valence-corrected chi connectivity index (χ1v) is 9.77. The Hall–Kier alpha value is -4.02. The minimum Gasteiger partial charge on any atom is -0.496 e. The van der Waals surface area contributed by atoms with Crippen molar-refractivity contribution < 1.29 is 27.4 Å². The van der Waals surface area contributed by atoms with Crippen LogP contribution in [0.5, 0.6) is 11.5 Å². The Bertz CT molecular complexity index is 1300. The highest BCUT2D eigenvalue weighted by atomic mass is 19.4. The second kappa shape index (κ2) is 8.49. The molecular weight excluding hydrogens is 439 g/mol. The highest BCUT2D eigenvalue weighted by Gasteiger charge is 2.30. The van der Waals surface area contributed by atoms with Crippen molar-refractivity contribution in [2.75, 3.05) is 20.8 Å². The third-order valence-corrected chi connectivity index (χ3v) is 4.99. The van der Waals surface area contributed by atoms with Crippen LogP contribution in [-0.2, 0) is 7.05 Å². The predicted molar refractivity (Wildman–Crippen MR) is 115 cm³/mol. The van der Waals surface area contributed by atoms with Gasteiger partial charge in [-0.25, -0.2) is 9.97 Å². The lowest BCUT2D eigenvalue weighted by atomic mass is 10.1. The van der Waals surface area contributed by atoms with Gasteiger partial charge in [0.25, 0.3) is 5.91 Å². The van der Waals surface area contributed by atoms with E-state index in [1.165, 1.54) is 14.2 Å². The highest BCUT2D eigenvalue weighted by Crippen LogP contribution is 2.34. The zero-order chi connectivity index (χ0) is 23.8. The largest absolute Gasteiger partial charge is 0.496 e. The number of hydrogen-bond acceptors (Lipinski definition) is 5. The van der Waals surface area contributed by atoms with Gasteiger partial charge in [0.05, 0.1) is 43.0 Å². The van der Waals surface area contributed by atoms with Crippen LogP contribution in [-0.4, -0.2) is 51.9 Å². The van der Waals surface area contributed by atoms with Gasteiger partial charge in [-0.3, -0.25) is 9.36 Å². The number of aromatic nitrogens is 4. The van der Waals surface area contributed by atoms with E-state index in [9.17, 15) is 18.0 Å². The summed E-state index contributed by atoms with van der Waals surface area (Å²) in [6.07, 6.45) is 0.671. The number of rotatable bonds is 6. The number of imidazole rings is 2. The lowest BCUT2D eigenvalue weighted by molar-refractivity contribution is -0.123. The highest BCUT2D eigenvalue weighted by molar-refractivity contribution is 6.00. The number of ether oxygens (including phenoxy) is 2. The molecule has 0 saturated heterocycles. The smallest absolute Gasteiger partial charge is 0.405 e. The number of aryl methyl sites for hydroxylation is 1. The summed E-state index contributed by atoms with van der Waals surface area (Å²) in [6.45, 7) is -1.47. The van der Waals surface area contributed by atoms with Crippen molar-refractivity contribution in [3.8, 4) is 28.4 Å². The number of fused-ring (bicyclic) bond motifs is 1. The summed E-state index contributed by atoms with van der Waals surface area (Å²) in [5.74, 6) is -0.824. The summed E-state index contributed by atoms with van der Waals surface area (Å²) in [5.41, 5.74) is 3.63. The predicted octanol–water partition coefficient (Wildman–Crippen LogP) is 3.74. The summed E-state index contributed by atoms with van der Waals surface area (Å²) in [6, 6.07) is 8.78. The molecule has 172 valence electrons. The molecule has 2 aromatic carbocycles. The van der Waals surface area contributed by atoms with E-state index in [0.717, 1.165) is 16.8 Å². The number of halogens is 3. The van der Waals surface area contributed by atoms with Crippen LogP contribution in [0.3, 0.4) is 0 Å². The van der Waals surface area contributed by atoms with Crippen LogP contribution in [0.2, 0.25) is 0 Å². The van der Waals surface area contributed by atoms with Crippen LogP contribution in [0.15, 0.2) is 49.2 Å². The van der Waals surface area contributed by atoms with Crippen LogP contribution in [0.4, 0.5) is 13.2 Å². The standard InChI is InChI=1S/C22H20F3N5O3/c1-29-9-16(27-11-29)13-4-5-17-15(6-13)28-12-30(17)14-7-18(32-2)20(19(8-14)33-3)21(31)26-10-22(23,24)25/h4-9,11-12H,10H2,1-3H3,(H,26,31). The van der Waals surface area contributed by atoms with Gasteiger partial charge < -0.3 is 19.4 Å². The van der Waals surface area contributed by atoms with Crippen molar-refractivity contribution in [3.63, 3.8) is 0 Å². The molecule has 0 unspecified atom stereocenters. The molecule has 0 fully saturated rings. The Balaban J connectivity index is 1.74.